The minimum Gasteiger partial charge on any atom is -0.330 e. The Morgan fingerprint density at radius 3 is 2.76 bits per heavy atom. The van der Waals surface area contributed by atoms with Crippen LogP contribution in [0.2, 0.25) is 0 Å². The van der Waals surface area contributed by atoms with Crippen molar-refractivity contribution >= 4 is 11.0 Å². The van der Waals surface area contributed by atoms with Gasteiger partial charge in [-0.15, -0.1) is 0 Å². The van der Waals surface area contributed by atoms with Crippen LogP contribution in [0.15, 0.2) is 36.4 Å². The number of aryl methyl sites for hydroxylation is 2. The Hall–Kier alpha value is -2.31. The van der Waals surface area contributed by atoms with E-state index in [4.69, 9.17) is 4.98 Å². The molecule has 0 aliphatic heterocycles. The van der Waals surface area contributed by atoms with E-state index in [0.29, 0.717) is 12.2 Å². The molecule has 1 N–H and O–H groups in total. The van der Waals surface area contributed by atoms with E-state index in [9.17, 15) is 4.39 Å². The Labute approximate surface area is 147 Å². The van der Waals surface area contributed by atoms with E-state index in [1.54, 1.807) is 6.07 Å². The number of fused-ring (bicyclic) bond motifs is 1. The highest BCUT2D eigenvalue weighted by Crippen LogP contribution is 2.21. The molecule has 0 fully saturated rings. The third-order valence-electron chi connectivity index (χ3n) is 4.37. The van der Waals surface area contributed by atoms with Crippen molar-refractivity contribution in [3.63, 3.8) is 0 Å². The van der Waals surface area contributed by atoms with E-state index in [-0.39, 0.29) is 6.17 Å². The number of aromatic nitrogens is 3. The predicted octanol–water partition coefficient (Wildman–Crippen LogP) is 3.16. The zero-order valence-electron chi connectivity index (χ0n) is 15.1. The van der Waals surface area contributed by atoms with Gasteiger partial charge in [0.25, 0.3) is 0 Å². The summed E-state index contributed by atoms with van der Waals surface area (Å²) in [5.74, 6) is 0.495. The van der Waals surface area contributed by atoms with Crippen LogP contribution in [0.5, 0.6) is 0 Å². The average molecular weight is 341 g/mol. The van der Waals surface area contributed by atoms with Crippen molar-refractivity contribution in [2.75, 3.05) is 13.6 Å². The Morgan fingerprint density at radius 2 is 2.04 bits per heavy atom. The van der Waals surface area contributed by atoms with E-state index in [1.165, 1.54) is 11.6 Å². The average Bonchev–Trinajstić information content (AvgIpc) is 2.88. The minimum atomic E-state index is -0.466. The molecule has 6 heteroatoms. The summed E-state index contributed by atoms with van der Waals surface area (Å²) < 4.78 is 15.6. The van der Waals surface area contributed by atoms with Crippen molar-refractivity contribution in [1.82, 2.24) is 24.8 Å². The lowest BCUT2D eigenvalue weighted by molar-refractivity contribution is 0.189. The normalized spacial score (nSPS) is 12.9. The fraction of sp³-hybridized carbons (Fsp3) is 0.368. The summed E-state index contributed by atoms with van der Waals surface area (Å²) in [6.07, 6.45) is -0.178. The quantitative estimate of drug-likeness (QED) is 0.553. The number of hydrogen-bond donors (Lipinski definition) is 1. The summed E-state index contributed by atoms with van der Waals surface area (Å²) in [5.41, 5.74) is 3.98. The molecule has 0 bridgehead atoms. The van der Waals surface area contributed by atoms with E-state index < -0.39 is 5.95 Å². The molecule has 0 saturated carbocycles. The molecule has 1 aromatic carbocycles. The van der Waals surface area contributed by atoms with Crippen LogP contribution in [0, 0.1) is 12.9 Å². The van der Waals surface area contributed by atoms with Gasteiger partial charge in [-0.1, -0.05) is 19.1 Å². The molecule has 5 nitrogen and oxygen atoms in total. The molecule has 0 aliphatic carbocycles. The Bertz CT molecular complexity index is 873. The number of nitrogens with one attached hydrogen (secondary N) is 1. The van der Waals surface area contributed by atoms with E-state index in [0.717, 1.165) is 23.4 Å². The largest absolute Gasteiger partial charge is 0.330 e. The van der Waals surface area contributed by atoms with Gasteiger partial charge in [0, 0.05) is 7.05 Å². The first-order valence-corrected chi connectivity index (χ1v) is 8.47. The summed E-state index contributed by atoms with van der Waals surface area (Å²) in [5, 5.41) is 3.37. The molecule has 0 spiro atoms. The highest BCUT2D eigenvalue weighted by atomic mass is 19.1. The molecule has 0 saturated heterocycles. The van der Waals surface area contributed by atoms with E-state index >= 15 is 0 Å². The maximum Gasteiger partial charge on any atom is 0.213 e. The maximum absolute atomic E-state index is 13.5. The molecule has 1 unspecified atom stereocenters. The van der Waals surface area contributed by atoms with Crippen LogP contribution in [-0.4, -0.2) is 33.0 Å². The van der Waals surface area contributed by atoms with Gasteiger partial charge in [0.1, 0.15) is 12.0 Å². The van der Waals surface area contributed by atoms with Crippen molar-refractivity contribution in [3.8, 4) is 0 Å². The van der Waals surface area contributed by atoms with E-state index in [1.807, 2.05) is 33.2 Å². The zero-order valence-corrected chi connectivity index (χ0v) is 15.1. The zero-order chi connectivity index (χ0) is 18.0. The lowest BCUT2D eigenvalue weighted by Crippen LogP contribution is -2.36. The minimum absolute atomic E-state index is 0.178. The third kappa shape index (κ3) is 3.70. The maximum atomic E-state index is 13.5. The van der Waals surface area contributed by atoms with Gasteiger partial charge < -0.3 is 4.57 Å². The van der Waals surface area contributed by atoms with Crippen LogP contribution < -0.4 is 5.32 Å². The van der Waals surface area contributed by atoms with Gasteiger partial charge in [-0.3, -0.25) is 10.2 Å². The van der Waals surface area contributed by atoms with Crippen molar-refractivity contribution in [1.29, 1.82) is 0 Å². The lowest BCUT2D eigenvalue weighted by atomic mass is 10.2. The van der Waals surface area contributed by atoms with Crippen LogP contribution >= 0.6 is 0 Å². The van der Waals surface area contributed by atoms with Gasteiger partial charge in [0.15, 0.2) is 0 Å². The van der Waals surface area contributed by atoms with Gasteiger partial charge in [-0.25, -0.2) is 9.97 Å². The first kappa shape index (κ1) is 17.5. The molecule has 3 aromatic rings. The molecular formula is C19H24FN5. The molecule has 3 rings (SSSR count). The lowest BCUT2D eigenvalue weighted by Gasteiger charge is -2.28. The van der Waals surface area contributed by atoms with Gasteiger partial charge in [0.2, 0.25) is 5.95 Å². The summed E-state index contributed by atoms with van der Waals surface area (Å²) in [6.45, 7) is 5.49. The standard InChI is InChI=1S/C19H24FN5/c1-5-21-19(15-7-6-8-17(20)22-15)24(3)12-18-23-14-10-9-13(2)11-16(14)25(18)4/h6-11,19,21H,5,12H2,1-4H3. The third-order valence-corrected chi connectivity index (χ3v) is 4.37. The van der Waals surface area contributed by atoms with Crippen molar-refractivity contribution in [2.45, 2.75) is 26.6 Å². The van der Waals surface area contributed by atoms with Crippen LogP contribution in [0.4, 0.5) is 4.39 Å². The Morgan fingerprint density at radius 1 is 1.24 bits per heavy atom. The first-order chi connectivity index (χ1) is 12.0. The molecule has 0 radical (unpaired) electrons. The second-order valence-electron chi connectivity index (χ2n) is 6.34. The van der Waals surface area contributed by atoms with Crippen LogP contribution in [-0.2, 0) is 13.6 Å². The second kappa shape index (κ2) is 7.29. The first-order valence-electron chi connectivity index (χ1n) is 8.47. The Kier molecular flexibility index (Phi) is 5.11. The number of rotatable bonds is 6. The van der Waals surface area contributed by atoms with Gasteiger partial charge in [0.05, 0.1) is 23.3 Å². The molecule has 2 aromatic heterocycles. The van der Waals surface area contributed by atoms with Crippen LogP contribution in [0.1, 0.15) is 30.2 Å². The summed E-state index contributed by atoms with van der Waals surface area (Å²) in [4.78, 5) is 10.9. The molecule has 0 aliphatic rings. The number of nitrogens with zero attached hydrogens (tertiary/aromatic N) is 4. The highest BCUT2D eigenvalue weighted by molar-refractivity contribution is 5.76. The van der Waals surface area contributed by atoms with Crippen LogP contribution in [0.3, 0.4) is 0 Å². The van der Waals surface area contributed by atoms with Crippen molar-refractivity contribution in [2.24, 2.45) is 7.05 Å². The predicted molar refractivity (Wildman–Crippen MR) is 97.5 cm³/mol. The van der Waals surface area contributed by atoms with Crippen molar-refractivity contribution in [3.05, 3.63) is 59.4 Å². The molecular weight excluding hydrogens is 317 g/mol. The number of halogens is 1. The number of benzene rings is 1. The van der Waals surface area contributed by atoms with E-state index in [2.05, 4.69) is 38.8 Å². The molecule has 132 valence electrons. The van der Waals surface area contributed by atoms with Gasteiger partial charge in [-0.2, -0.15) is 4.39 Å². The summed E-state index contributed by atoms with van der Waals surface area (Å²) in [6, 6.07) is 11.1. The fourth-order valence-electron chi connectivity index (χ4n) is 3.06. The highest BCUT2D eigenvalue weighted by Gasteiger charge is 2.20. The van der Waals surface area contributed by atoms with Gasteiger partial charge >= 0.3 is 0 Å². The second-order valence-corrected chi connectivity index (χ2v) is 6.34. The Balaban J connectivity index is 1.88. The summed E-state index contributed by atoms with van der Waals surface area (Å²) >= 11 is 0. The molecule has 0 amide bonds. The topological polar surface area (TPSA) is 46.0 Å². The monoisotopic (exact) mass is 341 g/mol. The fourth-order valence-corrected chi connectivity index (χ4v) is 3.06. The smallest absolute Gasteiger partial charge is 0.213 e. The SMILES string of the molecule is CCNC(c1cccc(F)n1)N(C)Cc1nc2ccc(C)cc2n1C. The number of hydrogen-bond acceptors (Lipinski definition) is 4. The van der Waals surface area contributed by atoms with Crippen molar-refractivity contribution < 1.29 is 4.39 Å². The molecule has 25 heavy (non-hydrogen) atoms. The number of imidazole rings is 1. The molecule has 1 atom stereocenters. The number of pyridine rings is 1. The summed E-state index contributed by atoms with van der Waals surface area (Å²) in [7, 11) is 4.02. The van der Waals surface area contributed by atoms with Crippen LogP contribution in [0.25, 0.3) is 11.0 Å². The molecule has 2 heterocycles. The van der Waals surface area contributed by atoms with Gasteiger partial charge in [-0.05, 0) is 50.3 Å².